The third-order valence-corrected chi connectivity index (χ3v) is 6.59. The average molecular weight is 424 g/mol. The second kappa shape index (κ2) is 10.1. The number of carbonyl (C=O) groups is 2. The fraction of sp³-hybridized carbons (Fsp3) is 0.520. The van der Waals surface area contributed by atoms with E-state index in [9.17, 15) is 9.59 Å². The molecule has 2 fully saturated rings. The fourth-order valence-corrected chi connectivity index (χ4v) is 4.76. The van der Waals surface area contributed by atoms with Crippen LogP contribution in [0.2, 0.25) is 0 Å². The minimum atomic E-state index is -0.314. The van der Waals surface area contributed by atoms with Crippen LogP contribution in [0.5, 0.6) is 0 Å². The highest BCUT2D eigenvalue weighted by Gasteiger charge is 2.23. The molecule has 2 aliphatic rings. The summed E-state index contributed by atoms with van der Waals surface area (Å²) in [7, 11) is 0. The Balaban J connectivity index is 1.37. The lowest BCUT2D eigenvalue weighted by atomic mass is 9.89. The zero-order chi connectivity index (χ0) is 21.6. The highest BCUT2D eigenvalue weighted by atomic mass is 16.3. The molecule has 0 atom stereocenters. The zero-order valence-corrected chi connectivity index (χ0v) is 18.4. The Morgan fingerprint density at radius 2 is 1.87 bits per heavy atom. The average Bonchev–Trinajstić information content (AvgIpc) is 3.23. The van der Waals surface area contributed by atoms with E-state index >= 15 is 0 Å². The van der Waals surface area contributed by atoms with E-state index in [0.717, 1.165) is 44.1 Å². The molecule has 2 aromatic rings. The summed E-state index contributed by atoms with van der Waals surface area (Å²) in [4.78, 5) is 30.1. The first kappa shape index (κ1) is 21.6. The Bertz CT molecular complexity index is 887. The first-order valence-electron chi connectivity index (χ1n) is 11.6. The van der Waals surface area contributed by atoms with Crippen LogP contribution >= 0.6 is 0 Å². The molecule has 1 aliphatic carbocycles. The maximum atomic E-state index is 13.2. The molecule has 1 aromatic heterocycles. The molecule has 6 heteroatoms. The smallest absolute Gasteiger partial charge is 0.291 e. The van der Waals surface area contributed by atoms with Gasteiger partial charge in [0.2, 0.25) is 0 Å². The highest BCUT2D eigenvalue weighted by Crippen LogP contribution is 2.25. The van der Waals surface area contributed by atoms with Gasteiger partial charge in [0.05, 0.1) is 6.26 Å². The van der Waals surface area contributed by atoms with Crippen molar-refractivity contribution in [3.05, 3.63) is 53.5 Å². The third-order valence-electron chi connectivity index (χ3n) is 6.59. The van der Waals surface area contributed by atoms with Crippen LogP contribution in [0, 0.1) is 12.8 Å². The standard InChI is InChI=1S/C25H33N3O3/c1-19-10-11-21(17-22(19)26-24(29)23-9-5-16-31-23)25(30)28-13-6-12-27(14-15-28)18-20-7-3-2-4-8-20/h5,9-11,16-17,20H,2-4,6-8,12-15,18H2,1H3,(H,26,29). The molecule has 0 spiro atoms. The van der Waals surface area contributed by atoms with E-state index in [1.54, 1.807) is 18.2 Å². The predicted octanol–water partition coefficient (Wildman–Crippen LogP) is 4.57. The number of aryl methyl sites for hydroxylation is 1. The fourth-order valence-electron chi connectivity index (χ4n) is 4.76. The lowest BCUT2D eigenvalue weighted by molar-refractivity contribution is 0.0759. The highest BCUT2D eigenvalue weighted by molar-refractivity contribution is 6.03. The first-order valence-corrected chi connectivity index (χ1v) is 11.6. The molecular formula is C25H33N3O3. The van der Waals surface area contributed by atoms with Crippen LogP contribution in [0.15, 0.2) is 41.0 Å². The molecule has 1 aliphatic heterocycles. The van der Waals surface area contributed by atoms with E-state index < -0.39 is 0 Å². The van der Waals surface area contributed by atoms with Gasteiger partial charge >= 0.3 is 0 Å². The van der Waals surface area contributed by atoms with Crippen molar-refractivity contribution in [3.8, 4) is 0 Å². The van der Waals surface area contributed by atoms with Gasteiger partial charge in [-0.3, -0.25) is 9.59 Å². The molecule has 31 heavy (non-hydrogen) atoms. The summed E-state index contributed by atoms with van der Waals surface area (Å²) in [5.41, 5.74) is 2.16. The van der Waals surface area contributed by atoms with Gasteiger partial charge in [0.25, 0.3) is 11.8 Å². The summed E-state index contributed by atoms with van der Waals surface area (Å²) in [6.07, 6.45) is 9.32. The number of hydrogen-bond acceptors (Lipinski definition) is 4. The van der Waals surface area contributed by atoms with E-state index in [1.807, 2.05) is 24.0 Å². The topological polar surface area (TPSA) is 65.8 Å². The van der Waals surface area contributed by atoms with Gasteiger partial charge in [0, 0.05) is 37.4 Å². The molecule has 1 aromatic carbocycles. The van der Waals surface area contributed by atoms with Crippen molar-refractivity contribution in [3.63, 3.8) is 0 Å². The van der Waals surface area contributed by atoms with Crippen molar-refractivity contribution >= 4 is 17.5 Å². The molecule has 6 nitrogen and oxygen atoms in total. The molecule has 0 radical (unpaired) electrons. The van der Waals surface area contributed by atoms with E-state index in [-0.39, 0.29) is 17.6 Å². The summed E-state index contributed by atoms with van der Waals surface area (Å²) in [6, 6.07) is 8.82. The largest absolute Gasteiger partial charge is 0.459 e. The number of rotatable bonds is 5. The van der Waals surface area contributed by atoms with Crippen molar-refractivity contribution in [1.29, 1.82) is 0 Å². The van der Waals surface area contributed by atoms with Gasteiger partial charge in [-0.25, -0.2) is 0 Å². The van der Waals surface area contributed by atoms with Gasteiger partial charge in [-0.05, 0) is 68.5 Å². The van der Waals surface area contributed by atoms with Gasteiger partial charge in [-0.1, -0.05) is 25.3 Å². The predicted molar refractivity (Wildman–Crippen MR) is 121 cm³/mol. The minimum Gasteiger partial charge on any atom is -0.459 e. The Morgan fingerprint density at radius 1 is 1.03 bits per heavy atom. The second-order valence-corrected chi connectivity index (χ2v) is 8.91. The summed E-state index contributed by atoms with van der Waals surface area (Å²) < 4.78 is 5.17. The van der Waals surface area contributed by atoms with Crippen molar-refractivity contribution in [2.45, 2.75) is 45.4 Å². The molecule has 166 valence electrons. The molecule has 2 amide bonds. The Labute approximate surface area is 184 Å². The van der Waals surface area contributed by atoms with Gasteiger partial charge in [-0.15, -0.1) is 0 Å². The summed E-state index contributed by atoms with van der Waals surface area (Å²) in [6.45, 7) is 6.64. The molecule has 1 N–H and O–H groups in total. The van der Waals surface area contributed by atoms with Crippen LogP contribution in [0.4, 0.5) is 5.69 Å². The van der Waals surface area contributed by atoms with E-state index in [4.69, 9.17) is 4.42 Å². The summed E-state index contributed by atoms with van der Waals surface area (Å²) >= 11 is 0. The van der Waals surface area contributed by atoms with E-state index in [1.165, 1.54) is 44.9 Å². The first-order chi connectivity index (χ1) is 15.1. The second-order valence-electron chi connectivity index (χ2n) is 8.91. The third kappa shape index (κ3) is 5.56. The van der Waals surface area contributed by atoms with Crippen LogP contribution in [-0.2, 0) is 0 Å². The van der Waals surface area contributed by atoms with Gasteiger partial charge < -0.3 is 19.5 Å². The molecular weight excluding hydrogens is 390 g/mol. The van der Waals surface area contributed by atoms with Crippen LogP contribution in [0.3, 0.4) is 0 Å². The number of benzene rings is 1. The quantitative estimate of drug-likeness (QED) is 0.765. The van der Waals surface area contributed by atoms with Crippen LogP contribution in [-0.4, -0.2) is 54.3 Å². The Hall–Kier alpha value is -2.60. The molecule has 1 saturated carbocycles. The van der Waals surface area contributed by atoms with Crippen molar-refractivity contribution in [2.24, 2.45) is 5.92 Å². The number of furan rings is 1. The molecule has 2 heterocycles. The van der Waals surface area contributed by atoms with Crippen molar-refractivity contribution in [2.75, 3.05) is 38.0 Å². The van der Waals surface area contributed by atoms with Gasteiger partial charge in [0.15, 0.2) is 5.76 Å². The van der Waals surface area contributed by atoms with Crippen molar-refractivity contribution < 1.29 is 14.0 Å². The Morgan fingerprint density at radius 3 is 2.65 bits per heavy atom. The number of nitrogens with one attached hydrogen (secondary N) is 1. The van der Waals surface area contributed by atoms with Crippen LogP contribution in [0.25, 0.3) is 0 Å². The van der Waals surface area contributed by atoms with Crippen LogP contribution < -0.4 is 5.32 Å². The van der Waals surface area contributed by atoms with Crippen LogP contribution in [0.1, 0.15) is 65.0 Å². The molecule has 1 saturated heterocycles. The molecule has 0 bridgehead atoms. The maximum absolute atomic E-state index is 13.2. The number of anilines is 1. The van der Waals surface area contributed by atoms with E-state index in [0.29, 0.717) is 11.3 Å². The number of nitrogens with zero attached hydrogens (tertiary/aromatic N) is 2. The summed E-state index contributed by atoms with van der Waals surface area (Å²) in [5, 5.41) is 2.86. The number of amides is 2. The lowest BCUT2D eigenvalue weighted by Gasteiger charge is -2.28. The number of hydrogen-bond donors (Lipinski definition) is 1. The zero-order valence-electron chi connectivity index (χ0n) is 18.4. The minimum absolute atomic E-state index is 0.0352. The normalized spacial score (nSPS) is 18.5. The monoisotopic (exact) mass is 423 g/mol. The number of carbonyl (C=O) groups excluding carboxylic acids is 2. The molecule has 0 unspecified atom stereocenters. The molecule has 4 rings (SSSR count). The van der Waals surface area contributed by atoms with Crippen molar-refractivity contribution in [1.82, 2.24) is 9.80 Å². The SMILES string of the molecule is Cc1ccc(C(=O)N2CCCN(CC3CCCCC3)CC2)cc1NC(=O)c1ccco1. The Kier molecular flexibility index (Phi) is 7.07. The maximum Gasteiger partial charge on any atom is 0.291 e. The van der Waals surface area contributed by atoms with E-state index in [2.05, 4.69) is 10.2 Å². The summed E-state index contributed by atoms with van der Waals surface area (Å²) in [5.74, 6) is 0.800. The lowest BCUT2D eigenvalue weighted by Crippen LogP contribution is -2.37. The van der Waals surface area contributed by atoms with Gasteiger partial charge in [0.1, 0.15) is 0 Å². The van der Waals surface area contributed by atoms with Gasteiger partial charge in [-0.2, -0.15) is 0 Å².